The first kappa shape index (κ1) is 21.0. The van der Waals surface area contributed by atoms with E-state index in [4.69, 9.17) is 4.74 Å². The van der Waals surface area contributed by atoms with Crippen LogP contribution in [0.25, 0.3) is 16.8 Å². The van der Waals surface area contributed by atoms with Gasteiger partial charge in [-0.05, 0) is 42.7 Å². The molecule has 0 saturated carbocycles. The average molecular weight is 446 g/mol. The summed E-state index contributed by atoms with van der Waals surface area (Å²) in [4.78, 5) is 22.7. The normalized spacial score (nSPS) is 12.6. The van der Waals surface area contributed by atoms with Crippen molar-refractivity contribution in [1.29, 1.82) is 0 Å². The van der Waals surface area contributed by atoms with Crippen LogP contribution in [-0.4, -0.2) is 56.1 Å². The molecule has 0 atom stereocenters. The molecule has 168 valence electrons. The summed E-state index contributed by atoms with van der Waals surface area (Å²) in [6.45, 7) is 2.51. The van der Waals surface area contributed by atoms with E-state index in [-0.39, 0.29) is 11.7 Å². The zero-order valence-electron chi connectivity index (χ0n) is 18.7. The Hall–Kier alpha value is -3.88. The SMILES string of the molecule is Cc1cc(C(=O)N(C)C)ncc1-c1cnc(CCc2c(F)ccc3c2CCO3)n2cnnc12. The molecule has 0 radical (unpaired) electrons. The van der Waals surface area contributed by atoms with E-state index in [1.165, 1.54) is 11.0 Å². The minimum absolute atomic E-state index is 0.157. The molecule has 0 spiro atoms. The zero-order chi connectivity index (χ0) is 23.1. The van der Waals surface area contributed by atoms with Crippen LogP contribution in [0.1, 0.15) is 33.0 Å². The van der Waals surface area contributed by atoms with E-state index in [2.05, 4.69) is 20.2 Å². The molecular weight excluding hydrogens is 423 g/mol. The number of ether oxygens (including phenoxy) is 1. The molecule has 0 bridgehead atoms. The summed E-state index contributed by atoms with van der Waals surface area (Å²) >= 11 is 0. The van der Waals surface area contributed by atoms with Crippen molar-refractivity contribution in [2.45, 2.75) is 26.2 Å². The molecule has 0 N–H and O–H groups in total. The zero-order valence-corrected chi connectivity index (χ0v) is 18.7. The summed E-state index contributed by atoms with van der Waals surface area (Å²) in [5.74, 6) is 1.13. The highest BCUT2D eigenvalue weighted by atomic mass is 19.1. The summed E-state index contributed by atoms with van der Waals surface area (Å²) in [5.41, 5.74) is 5.12. The van der Waals surface area contributed by atoms with Gasteiger partial charge < -0.3 is 9.64 Å². The third-order valence-electron chi connectivity index (χ3n) is 5.97. The Bertz CT molecular complexity index is 1380. The Morgan fingerprint density at radius 1 is 1.18 bits per heavy atom. The van der Waals surface area contributed by atoms with Crippen LogP contribution in [0, 0.1) is 12.7 Å². The van der Waals surface area contributed by atoms with Gasteiger partial charge in [0, 0.05) is 56.0 Å². The van der Waals surface area contributed by atoms with Crippen molar-refractivity contribution in [2.24, 2.45) is 0 Å². The summed E-state index contributed by atoms with van der Waals surface area (Å²) in [6.07, 6.45) is 6.76. The van der Waals surface area contributed by atoms with E-state index >= 15 is 0 Å². The van der Waals surface area contributed by atoms with Gasteiger partial charge >= 0.3 is 0 Å². The van der Waals surface area contributed by atoms with Crippen LogP contribution in [0.3, 0.4) is 0 Å². The molecule has 0 aliphatic carbocycles. The largest absolute Gasteiger partial charge is 0.493 e. The van der Waals surface area contributed by atoms with E-state index < -0.39 is 0 Å². The van der Waals surface area contributed by atoms with Crippen molar-refractivity contribution in [3.63, 3.8) is 0 Å². The minimum Gasteiger partial charge on any atom is -0.493 e. The third kappa shape index (κ3) is 3.69. The van der Waals surface area contributed by atoms with Gasteiger partial charge in [0.25, 0.3) is 5.91 Å². The molecule has 9 heteroatoms. The number of pyridine rings is 1. The first-order valence-electron chi connectivity index (χ1n) is 10.7. The molecule has 1 aliphatic heterocycles. The standard InChI is InChI=1S/C24H23FN6O2/c1-14-10-20(24(32)30(2)3)26-11-17(14)18-12-27-22(31-13-28-29-23(18)31)7-4-15-16-8-9-33-21(16)6-5-19(15)25/h5-6,10-13H,4,7-9H2,1-3H3. The van der Waals surface area contributed by atoms with E-state index in [1.54, 1.807) is 44.9 Å². The Labute approximate surface area is 190 Å². The van der Waals surface area contributed by atoms with E-state index in [1.807, 2.05) is 11.3 Å². The number of rotatable bonds is 5. The highest BCUT2D eigenvalue weighted by Crippen LogP contribution is 2.31. The molecule has 0 fully saturated rings. The number of carbonyl (C=O) groups is 1. The lowest BCUT2D eigenvalue weighted by Gasteiger charge is -2.13. The fraction of sp³-hybridized carbons (Fsp3) is 0.292. The number of carbonyl (C=O) groups excluding carboxylic acids is 1. The molecule has 1 aliphatic rings. The van der Waals surface area contributed by atoms with Crippen LogP contribution in [0.5, 0.6) is 5.75 Å². The van der Waals surface area contributed by atoms with Crippen LogP contribution in [0.2, 0.25) is 0 Å². The van der Waals surface area contributed by atoms with Crippen molar-refractivity contribution >= 4 is 11.6 Å². The number of hydrogen-bond donors (Lipinski definition) is 0. The van der Waals surface area contributed by atoms with Crippen LogP contribution in [0.4, 0.5) is 4.39 Å². The minimum atomic E-state index is -0.218. The number of hydrogen-bond acceptors (Lipinski definition) is 6. The second-order valence-corrected chi connectivity index (χ2v) is 8.30. The highest BCUT2D eigenvalue weighted by Gasteiger charge is 2.21. The van der Waals surface area contributed by atoms with Crippen molar-refractivity contribution in [1.82, 2.24) is 29.5 Å². The van der Waals surface area contributed by atoms with Crippen molar-refractivity contribution in [3.05, 3.63) is 70.9 Å². The summed E-state index contributed by atoms with van der Waals surface area (Å²) in [5, 5.41) is 8.36. The Morgan fingerprint density at radius 2 is 2.00 bits per heavy atom. The van der Waals surface area contributed by atoms with E-state index in [0.29, 0.717) is 36.4 Å². The average Bonchev–Trinajstić information content (AvgIpc) is 3.48. The monoisotopic (exact) mass is 446 g/mol. The van der Waals surface area contributed by atoms with Gasteiger partial charge in [-0.25, -0.2) is 9.37 Å². The quantitative estimate of drug-likeness (QED) is 0.468. The molecule has 4 aromatic rings. The molecule has 8 nitrogen and oxygen atoms in total. The number of amides is 1. The predicted molar refractivity (Wildman–Crippen MR) is 120 cm³/mol. The van der Waals surface area contributed by atoms with Crippen LogP contribution < -0.4 is 4.74 Å². The number of nitrogens with zero attached hydrogens (tertiary/aromatic N) is 6. The van der Waals surface area contributed by atoms with Crippen LogP contribution in [0.15, 0.2) is 36.9 Å². The lowest BCUT2D eigenvalue weighted by molar-refractivity contribution is 0.0822. The Balaban J connectivity index is 1.47. The molecular formula is C24H23FN6O2. The summed E-state index contributed by atoms with van der Waals surface area (Å²) in [6, 6.07) is 4.92. The number of benzene rings is 1. The van der Waals surface area contributed by atoms with Crippen LogP contribution >= 0.6 is 0 Å². The summed E-state index contributed by atoms with van der Waals surface area (Å²) in [7, 11) is 3.39. The van der Waals surface area contributed by atoms with Gasteiger partial charge in [0.15, 0.2) is 5.65 Å². The number of fused-ring (bicyclic) bond motifs is 2. The Morgan fingerprint density at radius 3 is 2.79 bits per heavy atom. The molecule has 0 saturated heterocycles. The topological polar surface area (TPSA) is 85.5 Å². The lowest BCUT2D eigenvalue weighted by atomic mass is 9.99. The summed E-state index contributed by atoms with van der Waals surface area (Å²) < 4.78 is 21.9. The lowest BCUT2D eigenvalue weighted by Crippen LogP contribution is -2.22. The van der Waals surface area contributed by atoms with Gasteiger partial charge in [-0.2, -0.15) is 0 Å². The van der Waals surface area contributed by atoms with Gasteiger partial charge in [-0.3, -0.25) is 14.2 Å². The molecule has 1 amide bonds. The fourth-order valence-electron chi connectivity index (χ4n) is 4.25. The molecule has 33 heavy (non-hydrogen) atoms. The van der Waals surface area contributed by atoms with E-state index in [9.17, 15) is 9.18 Å². The second-order valence-electron chi connectivity index (χ2n) is 8.30. The van der Waals surface area contributed by atoms with Gasteiger partial charge in [-0.1, -0.05) is 0 Å². The number of aryl methyl sites for hydroxylation is 2. The maximum absolute atomic E-state index is 14.5. The van der Waals surface area contributed by atoms with Gasteiger partial charge in [0.1, 0.15) is 29.4 Å². The molecule has 3 aromatic heterocycles. The first-order valence-corrected chi connectivity index (χ1v) is 10.7. The number of aromatic nitrogens is 5. The smallest absolute Gasteiger partial charge is 0.271 e. The molecule has 1 aromatic carbocycles. The van der Waals surface area contributed by atoms with Gasteiger partial charge in [-0.15, -0.1) is 10.2 Å². The van der Waals surface area contributed by atoms with Crippen molar-refractivity contribution in [2.75, 3.05) is 20.7 Å². The van der Waals surface area contributed by atoms with Gasteiger partial charge in [0.2, 0.25) is 0 Å². The molecule has 4 heterocycles. The maximum atomic E-state index is 14.5. The molecule has 0 unspecified atom stereocenters. The Kier molecular flexibility index (Phi) is 5.24. The second kappa shape index (κ2) is 8.23. The van der Waals surface area contributed by atoms with Gasteiger partial charge in [0.05, 0.1) is 6.61 Å². The van der Waals surface area contributed by atoms with Crippen LogP contribution in [-0.2, 0) is 19.3 Å². The fourth-order valence-corrected chi connectivity index (χ4v) is 4.25. The third-order valence-corrected chi connectivity index (χ3v) is 5.97. The predicted octanol–water partition coefficient (Wildman–Crippen LogP) is 3.06. The van der Waals surface area contributed by atoms with Crippen molar-refractivity contribution in [3.8, 4) is 16.9 Å². The number of halogens is 1. The van der Waals surface area contributed by atoms with E-state index in [0.717, 1.165) is 40.2 Å². The maximum Gasteiger partial charge on any atom is 0.271 e. The highest BCUT2D eigenvalue weighted by molar-refractivity contribution is 5.93. The first-order chi connectivity index (χ1) is 15.9. The van der Waals surface area contributed by atoms with Crippen molar-refractivity contribution < 1.29 is 13.9 Å². The molecule has 5 rings (SSSR count).